The van der Waals surface area contributed by atoms with Crippen LogP contribution in [0.5, 0.6) is 0 Å². The van der Waals surface area contributed by atoms with Crippen LogP contribution < -0.4 is 5.32 Å². The van der Waals surface area contributed by atoms with Gasteiger partial charge in [0.25, 0.3) is 0 Å². The van der Waals surface area contributed by atoms with Gasteiger partial charge < -0.3 is 5.32 Å². The van der Waals surface area contributed by atoms with E-state index < -0.39 is 0 Å². The maximum absolute atomic E-state index is 12.2. The lowest BCUT2D eigenvalue weighted by molar-refractivity contribution is -0.116. The van der Waals surface area contributed by atoms with E-state index in [4.69, 9.17) is 0 Å². The molecule has 0 aliphatic rings. The minimum atomic E-state index is 0.0167. The summed E-state index contributed by atoms with van der Waals surface area (Å²) < 4.78 is 1.80. The summed E-state index contributed by atoms with van der Waals surface area (Å²) in [5, 5.41) is 7.18. The number of benzene rings is 1. The molecule has 4 heteroatoms. The quantitative estimate of drug-likeness (QED) is 0.926. The Balaban J connectivity index is 2.05. The average Bonchev–Trinajstić information content (AvgIpc) is 2.87. The molecule has 0 saturated carbocycles. The Morgan fingerprint density at radius 1 is 1.30 bits per heavy atom. The summed E-state index contributed by atoms with van der Waals surface area (Å²) in [7, 11) is 0. The van der Waals surface area contributed by atoms with Crippen molar-refractivity contribution in [2.45, 2.75) is 40.2 Å². The molecular weight excluding hydrogens is 250 g/mol. The van der Waals surface area contributed by atoms with Gasteiger partial charge in [0.05, 0.1) is 6.04 Å². The van der Waals surface area contributed by atoms with Gasteiger partial charge in [-0.05, 0) is 44.9 Å². The highest BCUT2D eigenvalue weighted by atomic mass is 16.1. The summed E-state index contributed by atoms with van der Waals surface area (Å²) in [5.74, 6) is 0.0167. The molecule has 0 radical (unpaired) electrons. The molecule has 106 valence electrons. The monoisotopic (exact) mass is 271 g/mol. The Morgan fingerprint density at radius 3 is 2.50 bits per heavy atom. The highest BCUT2D eigenvalue weighted by molar-refractivity contribution is 5.92. The van der Waals surface area contributed by atoms with E-state index in [1.807, 2.05) is 33.0 Å². The van der Waals surface area contributed by atoms with Crippen LogP contribution in [0.15, 0.2) is 30.6 Å². The lowest BCUT2D eigenvalue weighted by Crippen LogP contribution is -2.19. The number of nitrogens with zero attached hydrogens (tertiary/aromatic N) is 2. The first-order chi connectivity index (χ1) is 9.47. The Hall–Kier alpha value is -2.10. The number of anilines is 1. The van der Waals surface area contributed by atoms with Crippen molar-refractivity contribution in [3.63, 3.8) is 0 Å². The van der Waals surface area contributed by atoms with Gasteiger partial charge in [0, 0.05) is 24.5 Å². The molecule has 0 spiro atoms. The number of nitrogens with one attached hydrogen (secondary N) is 1. The first-order valence-corrected chi connectivity index (χ1v) is 6.84. The molecule has 4 nitrogen and oxygen atoms in total. The van der Waals surface area contributed by atoms with E-state index in [2.05, 4.69) is 29.5 Å². The number of rotatable bonds is 4. The smallest absolute Gasteiger partial charge is 0.226 e. The molecule has 0 bridgehead atoms. The predicted molar refractivity (Wildman–Crippen MR) is 80.8 cm³/mol. The van der Waals surface area contributed by atoms with Crippen LogP contribution in [0.3, 0.4) is 0 Å². The predicted octanol–water partition coefficient (Wildman–Crippen LogP) is 3.40. The summed E-state index contributed by atoms with van der Waals surface area (Å²) in [4.78, 5) is 12.2. The van der Waals surface area contributed by atoms with Gasteiger partial charge in [-0.15, -0.1) is 0 Å². The summed E-state index contributed by atoms with van der Waals surface area (Å²) in [6.07, 6.45) is 4.01. The highest BCUT2D eigenvalue weighted by Gasteiger charge is 2.13. The van der Waals surface area contributed by atoms with Gasteiger partial charge in [-0.1, -0.05) is 17.7 Å². The molecule has 1 aromatic carbocycles. The number of hydrogen-bond donors (Lipinski definition) is 1. The minimum Gasteiger partial charge on any atom is -0.326 e. The number of hydrogen-bond acceptors (Lipinski definition) is 2. The van der Waals surface area contributed by atoms with E-state index in [9.17, 15) is 4.79 Å². The minimum absolute atomic E-state index is 0.0167. The van der Waals surface area contributed by atoms with E-state index in [-0.39, 0.29) is 11.9 Å². The molecule has 2 aromatic rings. The number of aryl methyl sites for hydroxylation is 3. The van der Waals surface area contributed by atoms with Crippen molar-refractivity contribution in [3.05, 3.63) is 47.3 Å². The topological polar surface area (TPSA) is 46.9 Å². The number of carbonyl (C=O) groups is 1. The lowest BCUT2D eigenvalue weighted by atomic mass is 10.0. The molecule has 1 amide bonds. The van der Waals surface area contributed by atoms with Crippen LogP contribution in [0.1, 0.15) is 36.1 Å². The Kier molecular flexibility index (Phi) is 4.23. The lowest BCUT2D eigenvalue weighted by Gasteiger charge is -2.15. The van der Waals surface area contributed by atoms with Crippen LogP contribution >= 0.6 is 0 Å². The van der Waals surface area contributed by atoms with Gasteiger partial charge in [0.2, 0.25) is 5.91 Å². The molecule has 0 saturated heterocycles. The second kappa shape index (κ2) is 5.90. The van der Waals surface area contributed by atoms with Crippen LogP contribution in [0.2, 0.25) is 0 Å². The third kappa shape index (κ3) is 3.26. The number of amides is 1. The van der Waals surface area contributed by atoms with E-state index in [1.54, 1.807) is 10.9 Å². The van der Waals surface area contributed by atoms with Gasteiger partial charge >= 0.3 is 0 Å². The molecule has 1 heterocycles. The Bertz CT molecular complexity index is 579. The molecule has 1 atom stereocenters. The Labute approximate surface area is 119 Å². The molecule has 1 N–H and O–H groups in total. The fourth-order valence-electron chi connectivity index (χ4n) is 2.47. The molecular formula is C16H21N3O. The molecule has 0 fully saturated rings. The zero-order valence-corrected chi connectivity index (χ0v) is 12.5. The SMILES string of the molecule is Cc1cc(C)c(NC(=O)CC(C)n2cccn2)c(C)c1. The molecule has 20 heavy (non-hydrogen) atoms. The van der Waals surface area contributed by atoms with Gasteiger partial charge in [-0.2, -0.15) is 5.10 Å². The van der Waals surface area contributed by atoms with Crippen LogP contribution in [0.25, 0.3) is 0 Å². The second-order valence-corrected chi connectivity index (χ2v) is 5.36. The molecule has 1 aromatic heterocycles. The van der Waals surface area contributed by atoms with Crippen molar-refractivity contribution in [1.82, 2.24) is 9.78 Å². The Morgan fingerprint density at radius 2 is 1.95 bits per heavy atom. The van der Waals surface area contributed by atoms with Gasteiger partial charge in [0.1, 0.15) is 0 Å². The van der Waals surface area contributed by atoms with E-state index in [0.717, 1.165) is 16.8 Å². The van der Waals surface area contributed by atoms with Crippen molar-refractivity contribution in [2.24, 2.45) is 0 Å². The van der Waals surface area contributed by atoms with Crippen molar-refractivity contribution in [2.75, 3.05) is 5.32 Å². The average molecular weight is 271 g/mol. The van der Waals surface area contributed by atoms with Crippen LogP contribution in [-0.4, -0.2) is 15.7 Å². The van der Waals surface area contributed by atoms with Crippen LogP contribution in [-0.2, 0) is 4.79 Å². The van der Waals surface area contributed by atoms with Crippen LogP contribution in [0.4, 0.5) is 5.69 Å². The van der Waals surface area contributed by atoms with Gasteiger partial charge in [-0.3, -0.25) is 9.48 Å². The van der Waals surface area contributed by atoms with E-state index in [1.165, 1.54) is 5.56 Å². The van der Waals surface area contributed by atoms with Crippen molar-refractivity contribution in [1.29, 1.82) is 0 Å². The molecule has 0 aliphatic carbocycles. The zero-order chi connectivity index (χ0) is 14.7. The fourth-order valence-corrected chi connectivity index (χ4v) is 2.47. The molecule has 0 aliphatic heterocycles. The molecule has 2 rings (SSSR count). The van der Waals surface area contributed by atoms with E-state index in [0.29, 0.717) is 6.42 Å². The zero-order valence-electron chi connectivity index (χ0n) is 12.5. The third-order valence-corrected chi connectivity index (χ3v) is 3.40. The summed E-state index contributed by atoms with van der Waals surface area (Å²) in [6, 6.07) is 6.08. The standard InChI is InChI=1S/C16H21N3O/c1-11-8-12(2)16(13(3)9-11)18-15(20)10-14(4)19-7-5-6-17-19/h5-9,14H,10H2,1-4H3,(H,18,20). The normalized spacial score (nSPS) is 12.2. The van der Waals surface area contributed by atoms with Crippen LogP contribution in [0, 0.1) is 20.8 Å². The summed E-state index contributed by atoms with van der Waals surface area (Å²) in [5.41, 5.74) is 4.33. The van der Waals surface area contributed by atoms with Crippen molar-refractivity contribution >= 4 is 11.6 Å². The summed E-state index contributed by atoms with van der Waals surface area (Å²) >= 11 is 0. The number of aromatic nitrogens is 2. The first kappa shape index (κ1) is 14.3. The summed E-state index contributed by atoms with van der Waals surface area (Å²) in [6.45, 7) is 8.09. The first-order valence-electron chi connectivity index (χ1n) is 6.84. The third-order valence-electron chi connectivity index (χ3n) is 3.40. The number of carbonyl (C=O) groups excluding carboxylic acids is 1. The largest absolute Gasteiger partial charge is 0.326 e. The van der Waals surface area contributed by atoms with Crippen molar-refractivity contribution in [3.8, 4) is 0 Å². The van der Waals surface area contributed by atoms with Gasteiger partial charge in [0.15, 0.2) is 0 Å². The maximum Gasteiger partial charge on any atom is 0.226 e. The highest BCUT2D eigenvalue weighted by Crippen LogP contribution is 2.22. The maximum atomic E-state index is 12.2. The van der Waals surface area contributed by atoms with Gasteiger partial charge in [-0.25, -0.2) is 0 Å². The van der Waals surface area contributed by atoms with E-state index >= 15 is 0 Å². The molecule has 1 unspecified atom stereocenters. The fraction of sp³-hybridized carbons (Fsp3) is 0.375. The second-order valence-electron chi connectivity index (χ2n) is 5.36. The van der Waals surface area contributed by atoms with Crippen molar-refractivity contribution < 1.29 is 4.79 Å².